The van der Waals surface area contributed by atoms with Gasteiger partial charge in [-0.05, 0) is 38.6 Å². The molecule has 2 amide bonds. The molecule has 1 saturated heterocycles. The summed E-state index contributed by atoms with van der Waals surface area (Å²) < 4.78 is 5.38. The van der Waals surface area contributed by atoms with Crippen molar-refractivity contribution in [3.8, 4) is 0 Å². The van der Waals surface area contributed by atoms with Gasteiger partial charge in [0.05, 0.1) is 0 Å². The van der Waals surface area contributed by atoms with Gasteiger partial charge in [-0.25, -0.2) is 4.79 Å². The zero-order valence-electron chi connectivity index (χ0n) is 15.3. The second kappa shape index (κ2) is 9.01. The Kier molecular flexibility index (Phi) is 7.02. The molecule has 0 spiro atoms. The molecule has 7 heteroatoms. The average molecular weight is 337 g/mol. The van der Waals surface area contributed by atoms with E-state index in [0.29, 0.717) is 23.8 Å². The zero-order valence-corrected chi connectivity index (χ0v) is 15.3. The molecule has 7 nitrogen and oxygen atoms in total. The van der Waals surface area contributed by atoms with E-state index in [1.54, 1.807) is 0 Å². The third kappa shape index (κ3) is 5.78. The first-order valence-electron chi connectivity index (χ1n) is 8.99. The van der Waals surface area contributed by atoms with Gasteiger partial charge >= 0.3 is 6.03 Å². The topological polar surface area (TPSA) is 83.3 Å². The molecule has 2 unspecified atom stereocenters. The maximum absolute atomic E-state index is 12.2. The van der Waals surface area contributed by atoms with E-state index in [1.807, 2.05) is 11.9 Å². The Hall–Kier alpha value is -1.63. The largest absolute Gasteiger partial charge is 0.339 e. The van der Waals surface area contributed by atoms with E-state index >= 15 is 0 Å². The predicted molar refractivity (Wildman–Crippen MR) is 92.8 cm³/mol. The van der Waals surface area contributed by atoms with Gasteiger partial charge in [0.25, 0.3) is 0 Å². The second-order valence-corrected chi connectivity index (χ2v) is 7.24. The van der Waals surface area contributed by atoms with Crippen molar-refractivity contribution in [1.82, 2.24) is 25.7 Å². The van der Waals surface area contributed by atoms with Crippen molar-refractivity contribution in [3.05, 3.63) is 11.7 Å². The smallest absolute Gasteiger partial charge is 0.317 e. The van der Waals surface area contributed by atoms with Crippen LogP contribution in [0.1, 0.15) is 45.3 Å². The Morgan fingerprint density at radius 3 is 2.92 bits per heavy atom. The highest BCUT2D eigenvalue weighted by Gasteiger charge is 2.25. The van der Waals surface area contributed by atoms with Gasteiger partial charge in [0, 0.05) is 38.5 Å². The Balaban J connectivity index is 1.83. The minimum absolute atomic E-state index is 0.0439. The van der Waals surface area contributed by atoms with Crippen molar-refractivity contribution in [2.45, 2.75) is 52.5 Å². The first-order chi connectivity index (χ1) is 11.5. The summed E-state index contributed by atoms with van der Waals surface area (Å²) >= 11 is 0. The van der Waals surface area contributed by atoms with E-state index in [9.17, 15) is 4.79 Å². The van der Waals surface area contributed by atoms with Crippen LogP contribution in [0.25, 0.3) is 0 Å². The normalized spacial score (nSPS) is 19.5. The third-order valence-electron chi connectivity index (χ3n) is 4.42. The van der Waals surface area contributed by atoms with E-state index in [1.165, 1.54) is 0 Å². The summed E-state index contributed by atoms with van der Waals surface area (Å²) in [7, 11) is 1.92. The Morgan fingerprint density at radius 1 is 1.42 bits per heavy atom. The number of likely N-dealkylation sites (N-methyl/N-ethyl adjacent to an activating group) is 1. The van der Waals surface area contributed by atoms with Crippen LogP contribution in [-0.2, 0) is 12.8 Å². The van der Waals surface area contributed by atoms with E-state index in [-0.39, 0.29) is 6.03 Å². The lowest BCUT2D eigenvalue weighted by atomic mass is 9.95. The van der Waals surface area contributed by atoms with Gasteiger partial charge in [-0.3, -0.25) is 0 Å². The van der Waals surface area contributed by atoms with Crippen LogP contribution in [0.2, 0.25) is 0 Å². The molecule has 2 rings (SSSR count). The van der Waals surface area contributed by atoms with E-state index in [0.717, 1.165) is 51.1 Å². The Bertz CT molecular complexity index is 517. The van der Waals surface area contributed by atoms with Crippen molar-refractivity contribution >= 4 is 6.03 Å². The quantitative estimate of drug-likeness (QED) is 0.793. The molecule has 1 aromatic heterocycles. The van der Waals surface area contributed by atoms with Crippen LogP contribution in [0.4, 0.5) is 4.79 Å². The average Bonchev–Trinajstić information content (AvgIpc) is 2.99. The summed E-state index contributed by atoms with van der Waals surface area (Å²) in [6, 6.07) is 0.368. The summed E-state index contributed by atoms with van der Waals surface area (Å²) in [5.41, 5.74) is 0. The maximum Gasteiger partial charge on any atom is 0.317 e. The number of rotatable bonds is 7. The first kappa shape index (κ1) is 18.7. The molecule has 2 atom stereocenters. The van der Waals surface area contributed by atoms with Crippen molar-refractivity contribution in [2.24, 2.45) is 11.8 Å². The third-order valence-corrected chi connectivity index (χ3v) is 4.42. The number of nitrogens with zero attached hydrogens (tertiary/aromatic N) is 3. The highest BCUT2D eigenvalue weighted by Crippen LogP contribution is 2.20. The standard InChI is InChI=1S/C17H31N5O2/c1-12(2)10-19-17(23)22-7-5-6-14(11-22)9-16-20-15(21-24-16)8-13(3)18-4/h12-14,18H,5-11H2,1-4H3,(H,19,23). The fourth-order valence-corrected chi connectivity index (χ4v) is 2.90. The van der Waals surface area contributed by atoms with Gasteiger partial charge < -0.3 is 20.1 Å². The van der Waals surface area contributed by atoms with Crippen molar-refractivity contribution in [3.63, 3.8) is 0 Å². The molecule has 0 aliphatic carbocycles. The molecule has 1 aromatic rings. The SMILES string of the molecule is CNC(C)Cc1noc(CC2CCCN(C(=O)NCC(C)C)C2)n1. The second-order valence-electron chi connectivity index (χ2n) is 7.24. The van der Waals surface area contributed by atoms with Crippen molar-refractivity contribution in [2.75, 3.05) is 26.7 Å². The van der Waals surface area contributed by atoms with Crippen molar-refractivity contribution in [1.29, 1.82) is 0 Å². The number of piperidine rings is 1. The molecule has 2 N–H and O–H groups in total. The zero-order chi connectivity index (χ0) is 17.5. The number of nitrogens with one attached hydrogen (secondary N) is 2. The van der Waals surface area contributed by atoms with E-state index < -0.39 is 0 Å². The molecule has 24 heavy (non-hydrogen) atoms. The minimum Gasteiger partial charge on any atom is -0.339 e. The van der Waals surface area contributed by atoms with Crippen LogP contribution in [0.3, 0.4) is 0 Å². The van der Waals surface area contributed by atoms with Crippen LogP contribution in [0.5, 0.6) is 0 Å². The van der Waals surface area contributed by atoms with Crippen molar-refractivity contribution < 1.29 is 9.32 Å². The fraction of sp³-hybridized carbons (Fsp3) is 0.824. The maximum atomic E-state index is 12.2. The molecule has 0 bridgehead atoms. The number of hydrogen-bond acceptors (Lipinski definition) is 5. The minimum atomic E-state index is 0.0439. The van der Waals surface area contributed by atoms with Gasteiger partial charge in [0.15, 0.2) is 5.82 Å². The molecule has 0 radical (unpaired) electrons. The number of amides is 2. The van der Waals surface area contributed by atoms with Crippen LogP contribution in [0, 0.1) is 11.8 Å². The molecule has 0 aromatic carbocycles. The summed E-state index contributed by atoms with van der Waals surface area (Å²) in [5, 5.41) is 10.2. The van der Waals surface area contributed by atoms with Crippen LogP contribution < -0.4 is 10.6 Å². The number of aromatic nitrogens is 2. The van der Waals surface area contributed by atoms with E-state index in [4.69, 9.17) is 4.52 Å². The molecular weight excluding hydrogens is 306 g/mol. The molecule has 1 aliphatic rings. The Labute approximate surface area is 144 Å². The fourth-order valence-electron chi connectivity index (χ4n) is 2.90. The van der Waals surface area contributed by atoms with Gasteiger partial charge in [0.1, 0.15) is 0 Å². The lowest BCUT2D eigenvalue weighted by molar-refractivity contribution is 0.160. The molecule has 0 saturated carbocycles. The monoisotopic (exact) mass is 337 g/mol. The predicted octanol–water partition coefficient (Wildman–Crippen LogP) is 1.84. The highest BCUT2D eigenvalue weighted by atomic mass is 16.5. The Morgan fingerprint density at radius 2 is 2.21 bits per heavy atom. The summed E-state index contributed by atoms with van der Waals surface area (Å²) in [6.45, 7) is 8.59. The lowest BCUT2D eigenvalue weighted by Crippen LogP contribution is -2.46. The molecule has 1 aliphatic heterocycles. The molecular formula is C17H31N5O2. The summed E-state index contributed by atoms with van der Waals surface area (Å²) in [4.78, 5) is 18.6. The summed E-state index contributed by atoms with van der Waals surface area (Å²) in [6.07, 6.45) is 3.62. The van der Waals surface area contributed by atoms with Crippen LogP contribution >= 0.6 is 0 Å². The number of hydrogen-bond donors (Lipinski definition) is 2. The number of carbonyl (C=O) groups excluding carboxylic acids is 1. The summed E-state index contributed by atoms with van der Waals surface area (Å²) in [5.74, 6) is 2.28. The van der Waals surface area contributed by atoms with Crippen LogP contribution in [-0.4, -0.2) is 53.8 Å². The number of urea groups is 1. The first-order valence-corrected chi connectivity index (χ1v) is 8.99. The molecule has 2 heterocycles. The van der Waals surface area contributed by atoms with Gasteiger partial charge in [-0.1, -0.05) is 19.0 Å². The number of carbonyl (C=O) groups is 1. The molecule has 1 fully saturated rings. The highest BCUT2D eigenvalue weighted by molar-refractivity contribution is 5.74. The van der Waals surface area contributed by atoms with Crippen LogP contribution in [0.15, 0.2) is 4.52 Å². The number of likely N-dealkylation sites (tertiary alicyclic amines) is 1. The van der Waals surface area contributed by atoms with Gasteiger partial charge in [-0.2, -0.15) is 4.98 Å². The van der Waals surface area contributed by atoms with E-state index in [2.05, 4.69) is 41.5 Å². The van der Waals surface area contributed by atoms with Gasteiger partial charge in [0.2, 0.25) is 5.89 Å². The van der Waals surface area contributed by atoms with Gasteiger partial charge in [-0.15, -0.1) is 0 Å². The molecule has 136 valence electrons. The lowest BCUT2D eigenvalue weighted by Gasteiger charge is -2.32.